The first-order valence-electron chi connectivity index (χ1n) is 10.1. The number of carbonyl (C=O) groups is 1. The van der Waals surface area contributed by atoms with E-state index >= 15 is 0 Å². The number of nitrogen functional groups attached to an aromatic ring is 1. The first-order valence-corrected chi connectivity index (χ1v) is 11.4. The van der Waals surface area contributed by atoms with Gasteiger partial charge in [-0.15, -0.1) is 10.2 Å². The molecule has 11 heteroatoms. The molecule has 0 aliphatic rings. The Balaban J connectivity index is 1.56. The Hall–Kier alpha value is -3.81. The quantitative estimate of drug-likeness (QED) is 0.301. The van der Waals surface area contributed by atoms with E-state index < -0.39 is 5.82 Å². The second-order valence-electron chi connectivity index (χ2n) is 7.35. The van der Waals surface area contributed by atoms with Crippen LogP contribution in [-0.2, 0) is 4.79 Å². The number of amides is 1. The number of nitrogens with two attached hydrogens (primary N) is 1. The maximum atomic E-state index is 13.9. The van der Waals surface area contributed by atoms with Gasteiger partial charge in [-0.2, -0.15) is 5.26 Å². The molecule has 4 aromatic rings. The monoisotopic (exact) mass is 495 g/mol. The zero-order chi connectivity index (χ0) is 24.4. The SMILES string of the molecule is Cc1c(C#N)c(NC(=O)CSc2nnc(-c3ccccc3Cl)n2N)n(-c2cccc(F)c2)c1C. The maximum absolute atomic E-state index is 13.9. The third-order valence-electron chi connectivity index (χ3n) is 5.26. The molecule has 0 spiro atoms. The molecule has 172 valence electrons. The van der Waals surface area contributed by atoms with Crippen molar-refractivity contribution in [2.75, 3.05) is 16.9 Å². The van der Waals surface area contributed by atoms with Crippen molar-refractivity contribution in [1.82, 2.24) is 19.4 Å². The van der Waals surface area contributed by atoms with Crippen LogP contribution in [0.15, 0.2) is 53.7 Å². The van der Waals surface area contributed by atoms with E-state index in [1.165, 1.54) is 16.8 Å². The maximum Gasteiger partial charge on any atom is 0.236 e. The van der Waals surface area contributed by atoms with Gasteiger partial charge in [-0.25, -0.2) is 9.07 Å². The van der Waals surface area contributed by atoms with Gasteiger partial charge in [0.1, 0.15) is 17.7 Å². The van der Waals surface area contributed by atoms with Gasteiger partial charge >= 0.3 is 0 Å². The Bertz CT molecular complexity index is 1440. The van der Waals surface area contributed by atoms with Gasteiger partial charge in [-0.05, 0) is 49.7 Å². The lowest BCUT2D eigenvalue weighted by atomic mass is 10.2. The van der Waals surface area contributed by atoms with E-state index in [0.717, 1.165) is 17.5 Å². The zero-order valence-corrected chi connectivity index (χ0v) is 19.8. The second-order valence-corrected chi connectivity index (χ2v) is 8.70. The predicted octanol–water partition coefficient (Wildman–Crippen LogP) is 4.46. The van der Waals surface area contributed by atoms with Gasteiger partial charge in [0.25, 0.3) is 0 Å². The van der Waals surface area contributed by atoms with E-state index in [9.17, 15) is 14.4 Å². The molecule has 2 aromatic carbocycles. The molecule has 8 nitrogen and oxygen atoms in total. The Kier molecular flexibility index (Phi) is 6.58. The molecular formula is C23H19ClFN7OS. The number of thioether (sulfide) groups is 1. The largest absolute Gasteiger partial charge is 0.335 e. The summed E-state index contributed by atoms with van der Waals surface area (Å²) in [6.07, 6.45) is 0. The number of hydrogen-bond acceptors (Lipinski definition) is 6. The average Bonchev–Trinajstić information content (AvgIpc) is 3.29. The number of benzene rings is 2. The molecule has 0 aliphatic carbocycles. The number of nitrogens with zero attached hydrogens (tertiary/aromatic N) is 5. The van der Waals surface area contributed by atoms with Crippen molar-refractivity contribution in [1.29, 1.82) is 5.26 Å². The van der Waals surface area contributed by atoms with Crippen LogP contribution in [0.25, 0.3) is 17.1 Å². The summed E-state index contributed by atoms with van der Waals surface area (Å²) in [4.78, 5) is 12.8. The molecule has 1 amide bonds. The van der Waals surface area contributed by atoms with E-state index in [1.54, 1.807) is 54.8 Å². The normalized spacial score (nSPS) is 10.8. The van der Waals surface area contributed by atoms with Crippen LogP contribution in [0.2, 0.25) is 5.02 Å². The molecule has 3 N–H and O–H groups in total. The number of halogens is 2. The highest BCUT2D eigenvalue weighted by molar-refractivity contribution is 7.99. The van der Waals surface area contributed by atoms with Gasteiger partial charge in [0.15, 0.2) is 5.82 Å². The highest BCUT2D eigenvalue weighted by atomic mass is 35.5. The molecule has 0 fully saturated rings. The van der Waals surface area contributed by atoms with Crippen LogP contribution >= 0.6 is 23.4 Å². The number of hydrogen-bond donors (Lipinski definition) is 2. The zero-order valence-electron chi connectivity index (χ0n) is 18.2. The third kappa shape index (κ3) is 4.35. The Morgan fingerprint density at radius 1 is 1.24 bits per heavy atom. The summed E-state index contributed by atoms with van der Waals surface area (Å²) in [6, 6.07) is 15.2. The minimum Gasteiger partial charge on any atom is -0.335 e. The predicted molar refractivity (Wildman–Crippen MR) is 130 cm³/mol. The van der Waals surface area contributed by atoms with Crippen LogP contribution in [0.4, 0.5) is 10.2 Å². The fourth-order valence-corrected chi connectivity index (χ4v) is 4.38. The summed E-state index contributed by atoms with van der Waals surface area (Å²) >= 11 is 7.30. The molecule has 0 saturated carbocycles. The summed E-state index contributed by atoms with van der Waals surface area (Å²) in [5.74, 6) is 5.91. The molecular weight excluding hydrogens is 477 g/mol. The Morgan fingerprint density at radius 3 is 2.71 bits per heavy atom. The summed E-state index contributed by atoms with van der Waals surface area (Å²) in [7, 11) is 0. The topological polar surface area (TPSA) is 115 Å². The van der Waals surface area contributed by atoms with Crippen molar-refractivity contribution in [2.24, 2.45) is 0 Å². The number of anilines is 1. The number of nitrogens with one attached hydrogen (secondary N) is 1. The fourth-order valence-electron chi connectivity index (χ4n) is 3.50. The summed E-state index contributed by atoms with van der Waals surface area (Å²) < 4.78 is 16.8. The molecule has 2 aromatic heterocycles. The summed E-state index contributed by atoms with van der Waals surface area (Å²) in [6.45, 7) is 3.58. The molecule has 34 heavy (non-hydrogen) atoms. The van der Waals surface area contributed by atoms with Crippen LogP contribution in [-0.4, -0.2) is 31.1 Å². The standard InChI is InChI=1S/C23H19ClFN7OS/c1-13-14(2)31(16-7-5-6-15(25)10-16)21(18(13)11-26)28-20(33)12-34-23-30-29-22(32(23)27)17-8-3-4-9-19(17)24/h3-10H,12,27H2,1-2H3,(H,28,33). The smallest absolute Gasteiger partial charge is 0.236 e. The highest BCUT2D eigenvalue weighted by Crippen LogP contribution is 2.31. The van der Waals surface area contributed by atoms with Crippen LogP contribution < -0.4 is 11.2 Å². The lowest BCUT2D eigenvalue weighted by Gasteiger charge is -2.13. The summed E-state index contributed by atoms with van der Waals surface area (Å²) in [5.41, 5.74) is 2.84. The number of nitriles is 1. The Morgan fingerprint density at radius 2 is 2.00 bits per heavy atom. The molecule has 0 bridgehead atoms. The van der Waals surface area contributed by atoms with E-state index in [1.807, 2.05) is 0 Å². The van der Waals surface area contributed by atoms with Crippen molar-refractivity contribution < 1.29 is 9.18 Å². The molecule has 2 heterocycles. The van der Waals surface area contributed by atoms with Gasteiger partial charge < -0.3 is 11.2 Å². The molecule has 4 rings (SSSR count). The van der Waals surface area contributed by atoms with E-state index in [2.05, 4.69) is 21.6 Å². The first-order chi connectivity index (χ1) is 16.3. The van der Waals surface area contributed by atoms with Crippen LogP contribution in [0.1, 0.15) is 16.8 Å². The number of aromatic nitrogens is 4. The van der Waals surface area contributed by atoms with Crippen molar-refractivity contribution in [3.63, 3.8) is 0 Å². The second kappa shape index (κ2) is 9.59. The first kappa shape index (κ1) is 23.4. The molecule has 0 unspecified atom stereocenters. The van der Waals surface area contributed by atoms with Crippen molar-refractivity contribution in [3.8, 4) is 23.1 Å². The third-order valence-corrected chi connectivity index (χ3v) is 6.53. The van der Waals surface area contributed by atoms with Crippen molar-refractivity contribution >= 4 is 35.1 Å². The van der Waals surface area contributed by atoms with Crippen LogP contribution in [0.5, 0.6) is 0 Å². The average molecular weight is 496 g/mol. The highest BCUT2D eigenvalue weighted by Gasteiger charge is 2.22. The van der Waals surface area contributed by atoms with Crippen LogP contribution in [0.3, 0.4) is 0 Å². The Labute approximate surface area is 204 Å². The summed E-state index contributed by atoms with van der Waals surface area (Å²) in [5, 5.41) is 21.4. The number of carbonyl (C=O) groups excluding carboxylic acids is 1. The van der Waals surface area contributed by atoms with Gasteiger partial charge in [0.2, 0.25) is 11.1 Å². The lowest BCUT2D eigenvalue weighted by Crippen LogP contribution is -2.19. The van der Waals surface area contributed by atoms with Crippen LogP contribution in [0, 0.1) is 31.0 Å². The molecule has 0 saturated heterocycles. The number of rotatable bonds is 6. The van der Waals surface area contributed by atoms with Gasteiger partial charge in [-0.1, -0.05) is 41.6 Å². The molecule has 0 atom stereocenters. The van der Waals surface area contributed by atoms with E-state index in [0.29, 0.717) is 38.4 Å². The minimum absolute atomic E-state index is 0.0465. The van der Waals surface area contributed by atoms with Gasteiger partial charge in [0, 0.05) is 11.3 Å². The van der Waals surface area contributed by atoms with E-state index in [-0.39, 0.29) is 17.5 Å². The molecule has 0 radical (unpaired) electrons. The fraction of sp³-hybridized carbons (Fsp3) is 0.130. The van der Waals surface area contributed by atoms with E-state index in [4.69, 9.17) is 17.4 Å². The minimum atomic E-state index is -0.425. The van der Waals surface area contributed by atoms with Crippen molar-refractivity contribution in [3.05, 3.63) is 76.2 Å². The molecule has 0 aliphatic heterocycles. The lowest BCUT2D eigenvalue weighted by molar-refractivity contribution is -0.113. The van der Waals surface area contributed by atoms with Gasteiger partial charge in [0.05, 0.1) is 22.0 Å². The van der Waals surface area contributed by atoms with Gasteiger partial charge in [-0.3, -0.25) is 9.36 Å². The van der Waals surface area contributed by atoms with Crippen molar-refractivity contribution in [2.45, 2.75) is 19.0 Å².